The topological polar surface area (TPSA) is 29.5 Å². The van der Waals surface area contributed by atoms with Crippen LogP contribution in [0, 0.1) is 5.82 Å². The quantitative estimate of drug-likeness (QED) is 0.657. The Kier molecular flexibility index (Phi) is 5.32. The summed E-state index contributed by atoms with van der Waals surface area (Å²) in [4.78, 5) is 14.7. The molecule has 0 aromatic heterocycles. The normalized spacial score (nSPS) is 27.4. The molecule has 5 heteroatoms. The summed E-state index contributed by atoms with van der Waals surface area (Å²) in [7, 11) is -1.87. The van der Waals surface area contributed by atoms with Gasteiger partial charge in [-0.3, -0.25) is 4.79 Å². The zero-order valence-corrected chi connectivity index (χ0v) is 17.7. The third-order valence-electron chi connectivity index (χ3n) is 6.49. The number of carbonyl (C=O) groups excluding carboxylic acids is 1. The van der Waals surface area contributed by atoms with E-state index in [9.17, 15) is 9.18 Å². The summed E-state index contributed by atoms with van der Waals surface area (Å²) < 4.78 is 20.1. The first-order valence-electron chi connectivity index (χ1n) is 9.83. The van der Waals surface area contributed by atoms with Crippen LogP contribution in [0.5, 0.6) is 0 Å². The molecule has 0 N–H and O–H groups in total. The lowest BCUT2D eigenvalue weighted by atomic mass is 9.84. The molecule has 0 saturated carbocycles. The van der Waals surface area contributed by atoms with Gasteiger partial charge in [0, 0.05) is 18.6 Å². The molecule has 2 aliphatic rings. The fourth-order valence-corrected chi connectivity index (χ4v) is 5.43. The van der Waals surface area contributed by atoms with Gasteiger partial charge in [0.15, 0.2) is 8.32 Å². The van der Waals surface area contributed by atoms with E-state index in [-0.39, 0.29) is 35.0 Å². The summed E-state index contributed by atoms with van der Waals surface area (Å²) in [6.45, 7) is 11.4. The van der Waals surface area contributed by atoms with Crippen LogP contribution >= 0.6 is 0 Å². The number of nitrogens with zero attached hydrogens (tertiary/aromatic N) is 1. The minimum atomic E-state index is -1.87. The molecule has 3 rings (SSSR count). The van der Waals surface area contributed by atoms with Gasteiger partial charge in [-0.05, 0) is 61.5 Å². The molecule has 2 saturated heterocycles. The number of carbonyl (C=O) groups is 1. The van der Waals surface area contributed by atoms with Crippen molar-refractivity contribution in [1.29, 1.82) is 0 Å². The van der Waals surface area contributed by atoms with Crippen LogP contribution in [0.25, 0.3) is 0 Å². The van der Waals surface area contributed by atoms with Crippen LogP contribution in [-0.4, -0.2) is 31.3 Å². The number of rotatable bonds is 3. The van der Waals surface area contributed by atoms with Gasteiger partial charge >= 0.3 is 0 Å². The van der Waals surface area contributed by atoms with Crippen LogP contribution in [0.4, 0.5) is 4.39 Å². The van der Waals surface area contributed by atoms with Crippen molar-refractivity contribution in [3.63, 3.8) is 0 Å². The van der Waals surface area contributed by atoms with E-state index in [1.54, 1.807) is 0 Å². The van der Waals surface area contributed by atoms with Crippen LogP contribution in [0.3, 0.4) is 0 Å². The van der Waals surface area contributed by atoms with E-state index in [0.717, 1.165) is 31.2 Å². The van der Waals surface area contributed by atoms with Crippen molar-refractivity contribution in [1.82, 2.24) is 4.90 Å². The highest BCUT2D eigenvalue weighted by atomic mass is 28.4. The zero-order valence-electron chi connectivity index (χ0n) is 16.7. The Hall–Kier alpha value is -1.20. The zero-order chi connectivity index (χ0) is 19.1. The molecular weight excluding hydrogens is 345 g/mol. The number of fused-ring (bicyclic) bond motifs is 1. The van der Waals surface area contributed by atoms with Gasteiger partial charge in [0.1, 0.15) is 5.82 Å². The van der Waals surface area contributed by atoms with Gasteiger partial charge in [0.25, 0.3) is 0 Å². The number of benzene rings is 1. The minimum absolute atomic E-state index is 0.00285. The minimum Gasteiger partial charge on any atom is -0.414 e. The van der Waals surface area contributed by atoms with Gasteiger partial charge in [-0.15, -0.1) is 0 Å². The summed E-state index contributed by atoms with van der Waals surface area (Å²) in [5.41, 5.74) is 1.02. The summed E-state index contributed by atoms with van der Waals surface area (Å²) in [6.07, 6.45) is 4.53. The Morgan fingerprint density at radius 1 is 1.15 bits per heavy atom. The molecule has 1 aromatic rings. The van der Waals surface area contributed by atoms with Crippen LogP contribution < -0.4 is 0 Å². The molecular formula is C21H32FNO2Si. The number of amides is 1. The van der Waals surface area contributed by atoms with E-state index < -0.39 is 8.32 Å². The van der Waals surface area contributed by atoms with Gasteiger partial charge in [-0.25, -0.2) is 4.39 Å². The van der Waals surface area contributed by atoms with Crippen LogP contribution in [-0.2, 0) is 9.22 Å². The largest absolute Gasteiger partial charge is 0.414 e. The molecule has 3 atom stereocenters. The highest BCUT2D eigenvalue weighted by molar-refractivity contribution is 6.74. The standard InChI is InChI=1S/C21H32FNO2Si/c1-21(2,3)26(4,5)25-18-13-17-7-6-8-20(24)23(17)19(14-18)15-9-11-16(22)12-10-15/h9-12,17-19H,6-8,13-14H2,1-5H3/t17-,18+,19+/m1/s1. The molecule has 0 unspecified atom stereocenters. The molecule has 2 heterocycles. The fraction of sp³-hybridized carbons (Fsp3) is 0.667. The predicted molar refractivity (Wildman–Crippen MR) is 105 cm³/mol. The van der Waals surface area contributed by atoms with Gasteiger partial charge in [-0.1, -0.05) is 32.9 Å². The maximum atomic E-state index is 13.4. The van der Waals surface area contributed by atoms with E-state index in [1.807, 2.05) is 12.1 Å². The SMILES string of the molecule is CC(C)(C)[Si](C)(C)O[C@H]1C[C@H]2CCCC(=O)N2[C@H](c2ccc(F)cc2)C1. The molecule has 0 spiro atoms. The van der Waals surface area contributed by atoms with Crippen molar-refractivity contribution in [3.05, 3.63) is 35.6 Å². The molecule has 144 valence electrons. The third kappa shape index (κ3) is 3.89. The maximum Gasteiger partial charge on any atom is 0.223 e. The summed E-state index contributed by atoms with van der Waals surface area (Å²) in [5, 5.41) is 0.165. The second-order valence-corrected chi connectivity index (χ2v) is 14.1. The first-order valence-corrected chi connectivity index (χ1v) is 12.7. The van der Waals surface area contributed by atoms with E-state index in [2.05, 4.69) is 38.8 Å². The molecule has 1 amide bonds. The molecule has 0 bridgehead atoms. The van der Waals surface area contributed by atoms with Crippen LogP contribution in [0.2, 0.25) is 18.1 Å². The van der Waals surface area contributed by atoms with E-state index in [1.165, 1.54) is 12.1 Å². The lowest BCUT2D eigenvalue weighted by molar-refractivity contribution is -0.144. The smallest absolute Gasteiger partial charge is 0.223 e. The van der Waals surface area contributed by atoms with E-state index in [4.69, 9.17) is 4.43 Å². The Morgan fingerprint density at radius 2 is 1.81 bits per heavy atom. The lowest BCUT2D eigenvalue weighted by Crippen LogP contribution is -2.54. The molecule has 2 fully saturated rings. The highest BCUT2D eigenvalue weighted by Gasteiger charge is 2.45. The van der Waals surface area contributed by atoms with Crippen LogP contribution in [0.15, 0.2) is 24.3 Å². The predicted octanol–water partition coefficient (Wildman–Crippen LogP) is 5.43. The summed E-state index contributed by atoms with van der Waals surface area (Å²) in [5.74, 6) is 0.00139. The van der Waals surface area contributed by atoms with Crippen molar-refractivity contribution in [2.75, 3.05) is 0 Å². The van der Waals surface area contributed by atoms with Crippen molar-refractivity contribution in [2.24, 2.45) is 0 Å². The lowest BCUT2D eigenvalue weighted by Gasteiger charge is -2.50. The van der Waals surface area contributed by atoms with E-state index in [0.29, 0.717) is 6.42 Å². The average molecular weight is 378 g/mol. The van der Waals surface area contributed by atoms with Crippen molar-refractivity contribution in [3.8, 4) is 0 Å². The van der Waals surface area contributed by atoms with Gasteiger partial charge in [0.2, 0.25) is 5.91 Å². The monoisotopic (exact) mass is 377 g/mol. The molecule has 2 aliphatic heterocycles. The Labute approximate surface area is 158 Å². The van der Waals surface area contributed by atoms with Crippen molar-refractivity contribution < 1.29 is 13.6 Å². The summed E-state index contributed by atoms with van der Waals surface area (Å²) in [6, 6.07) is 6.89. The number of hydrogen-bond donors (Lipinski definition) is 0. The Bertz CT molecular complexity index is 653. The fourth-order valence-electron chi connectivity index (χ4n) is 4.05. The Morgan fingerprint density at radius 3 is 2.42 bits per heavy atom. The summed E-state index contributed by atoms with van der Waals surface area (Å²) >= 11 is 0. The van der Waals surface area contributed by atoms with Gasteiger partial charge in [0.05, 0.1) is 6.04 Å². The second-order valence-electron chi connectivity index (χ2n) is 9.39. The maximum absolute atomic E-state index is 13.4. The first-order chi connectivity index (χ1) is 12.1. The number of piperidine rings is 2. The number of hydrogen-bond acceptors (Lipinski definition) is 2. The second kappa shape index (κ2) is 7.08. The van der Waals surface area contributed by atoms with Gasteiger partial charge < -0.3 is 9.33 Å². The van der Waals surface area contributed by atoms with Crippen LogP contribution in [0.1, 0.15) is 64.5 Å². The number of halogens is 1. The molecule has 3 nitrogen and oxygen atoms in total. The highest BCUT2D eigenvalue weighted by Crippen LogP contribution is 2.44. The third-order valence-corrected chi connectivity index (χ3v) is 11.0. The van der Waals surface area contributed by atoms with E-state index >= 15 is 0 Å². The molecule has 26 heavy (non-hydrogen) atoms. The Balaban J connectivity index is 1.87. The molecule has 1 aromatic carbocycles. The molecule has 0 aliphatic carbocycles. The van der Waals surface area contributed by atoms with Crippen molar-refractivity contribution >= 4 is 14.2 Å². The van der Waals surface area contributed by atoms with Crippen molar-refractivity contribution in [2.45, 2.75) is 89.2 Å². The van der Waals surface area contributed by atoms with Gasteiger partial charge in [-0.2, -0.15) is 0 Å². The average Bonchev–Trinajstić information content (AvgIpc) is 2.53. The first kappa shape index (κ1) is 19.6. The molecule has 0 radical (unpaired) electrons.